The second kappa shape index (κ2) is 5.58. The van der Waals surface area contributed by atoms with Gasteiger partial charge in [-0.15, -0.1) is 0 Å². The molecule has 4 unspecified atom stereocenters. The molecule has 0 saturated carbocycles. The van der Waals surface area contributed by atoms with E-state index < -0.39 is 40.6 Å². The van der Waals surface area contributed by atoms with Crippen molar-refractivity contribution < 1.29 is 24.5 Å². The van der Waals surface area contributed by atoms with Crippen LogP contribution in [0.5, 0.6) is 0 Å². The van der Waals surface area contributed by atoms with Crippen molar-refractivity contribution in [3.8, 4) is 0 Å². The first kappa shape index (κ1) is 17.4. The predicted octanol–water partition coefficient (Wildman–Crippen LogP) is 0.889. The van der Waals surface area contributed by atoms with Crippen LogP contribution in [0.4, 0.5) is 0 Å². The molecule has 2 aliphatic heterocycles. The Morgan fingerprint density at radius 1 is 1.23 bits per heavy atom. The van der Waals surface area contributed by atoms with Gasteiger partial charge < -0.3 is 20.3 Å². The number of aliphatic hydroxyl groups is 2. The van der Waals surface area contributed by atoms with Gasteiger partial charge in [-0.3, -0.25) is 9.59 Å². The Bertz CT molecular complexity index is 479. The van der Waals surface area contributed by atoms with Crippen LogP contribution in [0.25, 0.3) is 0 Å². The highest BCUT2D eigenvalue weighted by Crippen LogP contribution is 2.47. The monoisotopic (exact) mass is 313 g/mol. The predicted molar refractivity (Wildman–Crippen MR) is 79.9 cm³/mol. The molecule has 126 valence electrons. The van der Waals surface area contributed by atoms with Gasteiger partial charge in [0.2, 0.25) is 11.4 Å². The fourth-order valence-electron chi connectivity index (χ4n) is 3.40. The van der Waals surface area contributed by atoms with Crippen LogP contribution in [-0.4, -0.2) is 44.9 Å². The molecule has 1 amide bonds. The van der Waals surface area contributed by atoms with Gasteiger partial charge in [0.25, 0.3) is 5.91 Å². The molecule has 0 aromatic carbocycles. The highest BCUT2D eigenvalue weighted by atomic mass is 16.6. The van der Waals surface area contributed by atoms with Crippen LogP contribution in [0.1, 0.15) is 59.8 Å². The van der Waals surface area contributed by atoms with Gasteiger partial charge >= 0.3 is 0 Å². The Hall–Kier alpha value is -0.980. The van der Waals surface area contributed by atoms with Crippen LogP contribution >= 0.6 is 0 Å². The summed E-state index contributed by atoms with van der Waals surface area (Å²) < 4.78 is 5.78. The quantitative estimate of drug-likeness (QED) is 0.500. The minimum absolute atomic E-state index is 0.397. The summed E-state index contributed by atoms with van der Waals surface area (Å²) >= 11 is 0. The number of nitrogens with one attached hydrogen (secondary N) is 1. The lowest BCUT2D eigenvalue weighted by Crippen LogP contribution is -2.55. The average Bonchev–Trinajstić information content (AvgIpc) is 2.78. The van der Waals surface area contributed by atoms with Crippen LogP contribution in [0, 0.1) is 5.92 Å². The van der Waals surface area contributed by atoms with E-state index in [1.165, 1.54) is 0 Å². The van der Waals surface area contributed by atoms with E-state index in [1.807, 2.05) is 0 Å². The van der Waals surface area contributed by atoms with E-state index >= 15 is 0 Å². The van der Waals surface area contributed by atoms with Crippen molar-refractivity contribution in [1.29, 1.82) is 0 Å². The van der Waals surface area contributed by atoms with Crippen molar-refractivity contribution in [2.24, 2.45) is 5.92 Å². The highest BCUT2D eigenvalue weighted by Gasteiger charge is 2.75. The molecule has 0 radical (unpaired) electrons. The maximum atomic E-state index is 12.7. The molecule has 2 saturated heterocycles. The molecule has 2 fully saturated rings. The lowest BCUT2D eigenvalue weighted by molar-refractivity contribution is -0.170. The molecular formula is C16H27NO5. The number of amides is 1. The topological polar surface area (TPSA) is 95.9 Å². The third-order valence-electron chi connectivity index (χ3n) is 5.03. The normalized spacial score (nSPS) is 41.1. The number of Topliss-reactive ketones (excluding diaryl/α,β-unsaturated/α-hetero) is 1. The van der Waals surface area contributed by atoms with Crippen LogP contribution in [0.15, 0.2) is 0 Å². The molecular weight excluding hydrogens is 286 g/mol. The Morgan fingerprint density at radius 2 is 1.86 bits per heavy atom. The minimum atomic E-state index is -2.29. The second-order valence-corrected chi connectivity index (χ2v) is 7.07. The molecule has 0 aromatic heterocycles. The Balaban J connectivity index is 2.24. The number of rotatable bonds is 6. The summed E-state index contributed by atoms with van der Waals surface area (Å²) in [6.45, 7) is 7.11. The van der Waals surface area contributed by atoms with E-state index in [0.717, 1.165) is 25.7 Å². The van der Waals surface area contributed by atoms with Crippen molar-refractivity contribution in [2.45, 2.75) is 82.8 Å². The van der Waals surface area contributed by atoms with Crippen LogP contribution < -0.4 is 5.32 Å². The largest absolute Gasteiger partial charge is 0.371 e. The molecule has 0 aromatic rings. The molecule has 2 rings (SSSR count). The van der Waals surface area contributed by atoms with E-state index in [4.69, 9.17) is 4.74 Å². The number of fused-ring (bicyclic) bond motifs is 1. The zero-order valence-electron chi connectivity index (χ0n) is 13.8. The van der Waals surface area contributed by atoms with E-state index in [0.29, 0.717) is 6.42 Å². The van der Waals surface area contributed by atoms with Gasteiger partial charge in [-0.1, -0.05) is 46.5 Å². The fraction of sp³-hybridized carbons (Fsp3) is 0.875. The van der Waals surface area contributed by atoms with E-state index in [1.54, 1.807) is 20.8 Å². The number of carbonyl (C=O) groups is 2. The average molecular weight is 313 g/mol. The molecule has 0 bridgehead atoms. The van der Waals surface area contributed by atoms with Crippen molar-refractivity contribution >= 4 is 11.7 Å². The molecule has 2 aliphatic rings. The van der Waals surface area contributed by atoms with E-state index in [9.17, 15) is 19.8 Å². The summed E-state index contributed by atoms with van der Waals surface area (Å²) in [5, 5.41) is 23.6. The molecule has 0 spiro atoms. The first-order chi connectivity index (χ1) is 10.1. The van der Waals surface area contributed by atoms with Gasteiger partial charge in [0.1, 0.15) is 5.60 Å². The number of unbranched alkanes of at least 4 members (excludes halogenated alkanes) is 3. The first-order valence-electron chi connectivity index (χ1n) is 8.13. The summed E-state index contributed by atoms with van der Waals surface area (Å²) in [6, 6.07) is 0. The molecule has 6 heteroatoms. The maximum absolute atomic E-state index is 12.7. The standard InChI is InChI=1S/C16H27NO5/c1-5-6-7-8-9-14(4)11(18)15(20)12(22-14)16(21,10(2)3)17-13(15)19/h10,12,20-21H,5-9H2,1-4H3,(H,17,19). The lowest BCUT2D eigenvalue weighted by Gasteiger charge is -2.34. The number of hydrogen-bond acceptors (Lipinski definition) is 5. The van der Waals surface area contributed by atoms with Crippen molar-refractivity contribution in [2.75, 3.05) is 0 Å². The van der Waals surface area contributed by atoms with Crippen molar-refractivity contribution in [1.82, 2.24) is 5.32 Å². The van der Waals surface area contributed by atoms with Gasteiger partial charge in [0.15, 0.2) is 11.8 Å². The number of ketones is 1. The number of ether oxygens (including phenoxy) is 1. The third-order valence-corrected chi connectivity index (χ3v) is 5.03. The number of hydrogen-bond donors (Lipinski definition) is 3. The van der Waals surface area contributed by atoms with Gasteiger partial charge in [0, 0.05) is 5.92 Å². The molecule has 3 N–H and O–H groups in total. The Kier molecular flexibility index (Phi) is 4.41. The Labute approximate surface area is 131 Å². The third kappa shape index (κ3) is 2.28. The van der Waals surface area contributed by atoms with Crippen LogP contribution in [0.3, 0.4) is 0 Å². The maximum Gasteiger partial charge on any atom is 0.265 e. The van der Waals surface area contributed by atoms with Crippen molar-refractivity contribution in [3.05, 3.63) is 0 Å². The molecule has 4 atom stereocenters. The lowest BCUT2D eigenvalue weighted by atomic mass is 9.82. The summed E-state index contributed by atoms with van der Waals surface area (Å²) in [6.07, 6.45) is 3.05. The summed E-state index contributed by atoms with van der Waals surface area (Å²) in [5.74, 6) is -1.91. The molecule has 6 nitrogen and oxygen atoms in total. The van der Waals surface area contributed by atoms with Crippen molar-refractivity contribution in [3.63, 3.8) is 0 Å². The van der Waals surface area contributed by atoms with Gasteiger partial charge in [-0.2, -0.15) is 0 Å². The SMILES string of the molecule is CCCCCCC1(C)OC2C(O)(C(=O)NC2(O)C(C)C)C1=O. The summed E-state index contributed by atoms with van der Waals surface area (Å²) in [4.78, 5) is 24.8. The highest BCUT2D eigenvalue weighted by molar-refractivity contribution is 6.16. The van der Waals surface area contributed by atoms with Gasteiger partial charge in [-0.25, -0.2) is 0 Å². The van der Waals surface area contributed by atoms with Crippen LogP contribution in [0.2, 0.25) is 0 Å². The van der Waals surface area contributed by atoms with Crippen LogP contribution in [-0.2, 0) is 14.3 Å². The number of carbonyl (C=O) groups excluding carboxylic acids is 2. The van der Waals surface area contributed by atoms with Gasteiger partial charge in [0.05, 0.1) is 0 Å². The molecule has 2 heterocycles. The molecule has 22 heavy (non-hydrogen) atoms. The summed E-state index contributed by atoms with van der Waals surface area (Å²) in [5.41, 5.74) is -5.25. The fourth-order valence-corrected chi connectivity index (χ4v) is 3.40. The first-order valence-corrected chi connectivity index (χ1v) is 8.13. The van der Waals surface area contributed by atoms with E-state index in [-0.39, 0.29) is 0 Å². The Morgan fingerprint density at radius 3 is 2.41 bits per heavy atom. The van der Waals surface area contributed by atoms with E-state index in [2.05, 4.69) is 12.2 Å². The smallest absolute Gasteiger partial charge is 0.265 e. The summed E-state index contributed by atoms with van der Waals surface area (Å²) in [7, 11) is 0. The molecule has 0 aliphatic carbocycles. The second-order valence-electron chi connectivity index (χ2n) is 7.07. The zero-order chi connectivity index (χ0) is 16.8. The zero-order valence-corrected chi connectivity index (χ0v) is 13.8. The minimum Gasteiger partial charge on any atom is -0.371 e. The van der Waals surface area contributed by atoms with Gasteiger partial charge in [-0.05, 0) is 13.3 Å².